The van der Waals surface area contributed by atoms with Crippen LogP contribution in [-0.2, 0) is 25.7 Å². The molecule has 0 radical (unpaired) electrons. The number of carbonyl (C=O) groups is 4. The van der Waals surface area contributed by atoms with E-state index < -0.39 is 18.1 Å². The van der Waals surface area contributed by atoms with Crippen molar-refractivity contribution in [3.8, 4) is 5.75 Å². The molecule has 9 rings (SSSR count). The number of rotatable bonds is 12. The van der Waals surface area contributed by atoms with Crippen LogP contribution in [-0.4, -0.2) is 118 Å². The molecule has 2 aromatic heterocycles. The average molecular weight is 898 g/mol. The summed E-state index contributed by atoms with van der Waals surface area (Å²) in [5.74, 6) is -0.578. The van der Waals surface area contributed by atoms with Gasteiger partial charge < -0.3 is 34.5 Å². The number of aromatic nitrogens is 3. The molecule has 1 saturated carbocycles. The van der Waals surface area contributed by atoms with Crippen molar-refractivity contribution in [2.75, 3.05) is 50.1 Å². The molecule has 0 bridgehead atoms. The second-order valence-electron chi connectivity index (χ2n) is 17.8. The van der Waals surface area contributed by atoms with Gasteiger partial charge in [-0.15, -0.1) is 0 Å². The van der Waals surface area contributed by atoms with Crippen LogP contribution in [0.1, 0.15) is 92.2 Å². The molecule has 4 amide bonds. The van der Waals surface area contributed by atoms with E-state index in [4.69, 9.17) is 26.1 Å². The molecule has 1 aliphatic carbocycles. The number of nitrogens with one attached hydrogen (secondary N) is 3. The third-order valence-electron chi connectivity index (χ3n) is 13.4. The lowest BCUT2D eigenvalue weighted by Gasteiger charge is -2.47. The standard InChI is InChI=1S/C46H53ClFN9O7/c1-25(2)57-37-7-6-29(16-28(37)18-39(45(57)62)63-24-41(59)49-3)51-42-35(47)21-50-46(53-42)54-13-10-31(11-14-54)64-32-19-30(20-32)55-15-12-33(36(48)23-55)26-4-5-27-22-56(44(61)34(27)17-26)38-8-9-40(58)52-43(38)60/h4-7,16-18,21,25,30-33,36,38H,8-15,19-20,22-24H2,1-3H3,(H,49,59)(H,50,51,53)(H,52,58,60)/t30?,32?,33-,36-,38-/m1/s1. The van der Waals surface area contributed by atoms with Crippen molar-refractivity contribution in [3.63, 3.8) is 0 Å². The molecule has 4 aromatic rings. The van der Waals surface area contributed by atoms with Gasteiger partial charge in [-0.3, -0.25) is 34.2 Å². The first-order valence-electron chi connectivity index (χ1n) is 22.2. The van der Waals surface area contributed by atoms with Crippen molar-refractivity contribution in [1.29, 1.82) is 0 Å². The van der Waals surface area contributed by atoms with Gasteiger partial charge in [-0.05, 0) is 100 Å². The van der Waals surface area contributed by atoms with Crippen molar-refractivity contribution in [2.45, 2.75) is 108 Å². The molecule has 0 spiro atoms. The zero-order valence-corrected chi connectivity index (χ0v) is 36.9. The SMILES string of the molecule is CNC(=O)COc1cc2cc(Nc3nc(N4CCC(OC5CC(N6CC[C@H](c7ccc8c(c7)C(=O)N([C@@H]7CCC(=O)NC7=O)C8)[C@H](F)C6)C5)CC4)ncc3Cl)ccc2n(C(C)C)c1=O. The van der Waals surface area contributed by atoms with Crippen molar-refractivity contribution < 1.29 is 33.0 Å². The molecular formula is C46H53ClFN9O7. The summed E-state index contributed by atoms with van der Waals surface area (Å²) in [7, 11) is 1.51. The lowest BCUT2D eigenvalue weighted by Crippen LogP contribution is -2.54. The van der Waals surface area contributed by atoms with E-state index in [0.29, 0.717) is 67.1 Å². The minimum absolute atomic E-state index is 0.0809. The van der Waals surface area contributed by atoms with Crippen LogP contribution in [0.4, 0.5) is 21.8 Å². The number of amides is 4. The van der Waals surface area contributed by atoms with E-state index in [2.05, 4.69) is 30.7 Å². The highest BCUT2D eigenvalue weighted by molar-refractivity contribution is 6.33. The number of halogens is 2. The highest BCUT2D eigenvalue weighted by atomic mass is 35.5. The highest BCUT2D eigenvalue weighted by Gasteiger charge is 2.43. The molecule has 6 heterocycles. The van der Waals surface area contributed by atoms with E-state index in [1.807, 2.05) is 50.2 Å². The Bertz CT molecular complexity index is 2540. The Hall–Kier alpha value is -5.65. The first kappa shape index (κ1) is 43.6. The number of likely N-dealkylation sites (N-methyl/N-ethyl adjacent to an activating group) is 1. The molecule has 4 aliphatic heterocycles. The van der Waals surface area contributed by atoms with Gasteiger partial charge in [-0.2, -0.15) is 4.98 Å². The Kier molecular flexibility index (Phi) is 12.3. The van der Waals surface area contributed by atoms with Gasteiger partial charge in [0.15, 0.2) is 18.2 Å². The predicted octanol–water partition coefficient (Wildman–Crippen LogP) is 5.00. The van der Waals surface area contributed by atoms with Gasteiger partial charge in [0.2, 0.25) is 17.8 Å². The van der Waals surface area contributed by atoms with Crippen LogP contribution in [0.2, 0.25) is 5.02 Å². The van der Waals surface area contributed by atoms with Crippen molar-refractivity contribution in [2.24, 2.45) is 0 Å². The van der Waals surface area contributed by atoms with E-state index in [-0.39, 0.29) is 72.3 Å². The van der Waals surface area contributed by atoms with Crippen molar-refractivity contribution in [1.82, 2.24) is 35.0 Å². The number of carbonyl (C=O) groups excluding carboxylic acids is 4. The van der Waals surface area contributed by atoms with Gasteiger partial charge in [0.1, 0.15) is 17.2 Å². The molecule has 4 fully saturated rings. The largest absolute Gasteiger partial charge is 0.478 e. The van der Waals surface area contributed by atoms with Gasteiger partial charge in [0.05, 0.1) is 23.9 Å². The Labute approximate surface area is 374 Å². The number of benzene rings is 2. The number of likely N-dealkylation sites (tertiary alicyclic amines) is 1. The number of hydrogen-bond donors (Lipinski definition) is 3. The Morgan fingerprint density at radius 3 is 2.53 bits per heavy atom. The zero-order valence-electron chi connectivity index (χ0n) is 36.1. The van der Waals surface area contributed by atoms with Crippen molar-refractivity contribution in [3.05, 3.63) is 80.7 Å². The summed E-state index contributed by atoms with van der Waals surface area (Å²) in [5.41, 5.74) is 3.26. The first-order chi connectivity index (χ1) is 30.8. The Morgan fingerprint density at radius 2 is 1.80 bits per heavy atom. The van der Waals surface area contributed by atoms with Gasteiger partial charge in [-0.25, -0.2) is 9.37 Å². The molecule has 64 heavy (non-hydrogen) atoms. The average Bonchev–Trinajstić information content (AvgIpc) is 3.59. The summed E-state index contributed by atoms with van der Waals surface area (Å²) >= 11 is 6.59. The molecule has 3 atom stereocenters. The summed E-state index contributed by atoms with van der Waals surface area (Å²) in [6, 6.07) is 12.3. The fourth-order valence-corrected chi connectivity index (χ4v) is 9.95. The molecule has 16 nitrogen and oxygen atoms in total. The van der Waals surface area contributed by atoms with Crippen LogP contribution in [0.15, 0.2) is 53.5 Å². The first-order valence-corrected chi connectivity index (χ1v) is 22.6. The zero-order chi connectivity index (χ0) is 44.8. The number of nitrogens with zero attached hydrogens (tertiary/aromatic N) is 6. The fraction of sp³-hybridized carbons (Fsp3) is 0.500. The molecule has 3 saturated heterocycles. The van der Waals surface area contributed by atoms with Gasteiger partial charge in [0, 0.05) is 74.3 Å². The van der Waals surface area contributed by atoms with Gasteiger partial charge in [-0.1, -0.05) is 23.7 Å². The summed E-state index contributed by atoms with van der Waals surface area (Å²) in [5, 5.41) is 9.24. The maximum absolute atomic E-state index is 15.9. The van der Waals surface area contributed by atoms with E-state index >= 15 is 4.39 Å². The summed E-state index contributed by atoms with van der Waals surface area (Å²) in [6.07, 6.45) is 5.26. The number of alkyl halides is 1. The number of anilines is 3. The molecule has 5 aliphatic rings. The maximum atomic E-state index is 15.9. The second-order valence-corrected chi connectivity index (χ2v) is 18.2. The fourth-order valence-electron chi connectivity index (χ4n) is 9.81. The van der Waals surface area contributed by atoms with Crippen LogP contribution in [0.3, 0.4) is 0 Å². The molecule has 18 heteroatoms. The maximum Gasteiger partial charge on any atom is 0.293 e. The van der Waals surface area contributed by atoms with Gasteiger partial charge in [0.25, 0.3) is 17.4 Å². The topological polar surface area (TPSA) is 180 Å². The van der Waals surface area contributed by atoms with E-state index in [0.717, 1.165) is 54.3 Å². The molecule has 0 unspecified atom stereocenters. The Balaban J connectivity index is 0.750. The van der Waals surface area contributed by atoms with E-state index in [1.54, 1.807) is 16.8 Å². The third-order valence-corrected chi connectivity index (χ3v) is 13.7. The molecule has 2 aromatic carbocycles. The van der Waals surface area contributed by atoms with Crippen LogP contribution in [0.25, 0.3) is 10.9 Å². The van der Waals surface area contributed by atoms with Crippen LogP contribution >= 0.6 is 11.6 Å². The summed E-state index contributed by atoms with van der Waals surface area (Å²) in [4.78, 5) is 77.8. The minimum atomic E-state index is -1.07. The van der Waals surface area contributed by atoms with E-state index in [1.165, 1.54) is 11.9 Å². The number of fused-ring (bicyclic) bond motifs is 2. The number of hydrogen-bond acceptors (Lipinski definition) is 12. The van der Waals surface area contributed by atoms with E-state index in [9.17, 15) is 24.0 Å². The summed E-state index contributed by atoms with van der Waals surface area (Å²) < 4.78 is 29.7. The number of pyridine rings is 1. The smallest absolute Gasteiger partial charge is 0.293 e. The molecular weight excluding hydrogens is 845 g/mol. The van der Waals surface area contributed by atoms with Crippen LogP contribution in [0, 0.1) is 0 Å². The minimum Gasteiger partial charge on any atom is -0.478 e. The van der Waals surface area contributed by atoms with Crippen molar-refractivity contribution >= 4 is 63.6 Å². The quantitative estimate of drug-likeness (QED) is 0.162. The van der Waals surface area contributed by atoms with Crippen LogP contribution < -0.4 is 31.1 Å². The molecule has 3 N–H and O–H groups in total. The third kappa shape index (κ3) is 8.76. The number of piperidine rings is 3. The number of ether oxygens (including phenoxy) is 2. The molecule has 338 valence electrons. The monoisotopic (exact) mass is 897 g/mol. The number of imide groups is 1. The predicted molar refractivity (Wildman–Crippen MR) is 238 cm³/mol. The van der Waals surface area contributed by atoms with Crippen LogP contribution in [0.5, 0.6) is 5.75 Å². The van der Waals surface area contributed by atoms with Gasteiger partial charge >= 0.3 is 0 Å². The lowest BCUT2D eigenvalue weighted by atomic mass is 9.82. The lowest BCUT2D eigenvalue weighted by molar-refractivity contribution is -0.137. The Morgan fingerprint density at radius 1 is 1.00 bits per heavy atom. The normalized spacial score (nSPS) is 24.2. The highest BCUT2D eigenvalue weighted by Crippen LogP contribution is 2.39. The summed E-state index contributed by atoms with van der Waals surface area (Å²) in [6.45, 7) is 6.39. The second kappa shape index (κ2) is 18.1.